The highest BCUT2D eigenvalue weighted by Crippen LogP contribution is 2.59. The van der Waals surface area contributed by atoms with Crippen LogP contribution in [0, 0.1) is 10.8 Å². The molecule has 0 amide bonds. The summed E-state index contributed by atoms with van der Waals surface area (Å²) in [6.45, 7) is 10.2. The van der Waals surface area contributed by atoms with Gasteiger partial charge in [0.15, 0.2) is 0 Å². The molecule has 0 N–H and O–H groups in total. The Morgan fingerprint density at radius 1 is 1.21 bits per heavy atom. The lowest BCUT2D eigenvalue weighted by atomic mass is 9.82. The molecule has 0 saturated carbocycles. The first-order valence-electron chi connectivity index (χ1n) is 7.13. The van der Waals surface area contributed by atoms with Gasteiger partial charge in [0.05, 0.1) is 13.2 Å². The number of hydrogen-bond acceptors (Lipinski definition) is 4. The summed E-state index contributed by atoms with van der Waals surface area (Å²) in [5, 5.41) is 0. The van der Waals surface area contributed by atoms with Crippen molar-refractivity contribution in [1.82, 2.24) is 0 Å². The third-order valence-electron chi connectivity index (χ3n) is 3.78. The number of hydrogen-bond donors (Lipinski definition) is 0. The van der Waals surface area contributed by atoms with Crippen molar-refractivity contribution in [2.45, 2.75) is 60.3 Å². The Labute approximate surface area is 116 Å². The van der Waals surface area contributed by atoms with Crippen LogP contribution < -0.4 is 0 Å². The molecule has 1 saturated heterocycles. The second-order valence-corrected chi connectivity index (χ2v) is 8.47. The smallest absolute Gasteiger partial charge is 0.303 e. The van der Waals surface area contributed by atoms with Crippen LogP contribution in [-0.4, -0.2) is 18.7 Å². The minimum absolute atomic E-state index is 0.0813. The lowest BCUT2D eigenvalue weighted by Crippen LogP contribution is -2.37. The molecule has 1 aliphatic rings. The van der Waals surface area contributed by atoms with Gasteiger partial charge >= 0.3 is 7.60 Å². The zero-order valence-corrected chi connectivity index (χ0v) is 13.7. The topological polar surface area (TPSA) is 52.6 Å². The molecule has 112 valence electrons. The molecule has 1 heterocycles. The van der Waals surface area contributed by atoms with E-state index in [2.05, 4.69) is 13.8 Å². The Balaban J connectivity index is 2.75. The molecule has 0 aromatic rings. The van der Waals surface area contributed by atoms with Gasteiger partial charge in [-0.15, -0.1) is 0 Å². The van der Waals surface area contributed by atoms with Gasteiger partial charge in [-0.3, -0.25) is 9.36 Å². The van der Waals surface area contributed by atoms with Crippen molar-refractivity contribution in [1.29, 1.82) is 0 Å². The fourth-order valence-electron chi connectivity index (χ4n) is 2.13. The normalized spacial score (nSPS) is 32.3. The van der Waals surface area contributed by atoms with E-state index >= 15 is 0 Å². The van der Waals surface area contributed by atoms with Gasteiger partial charge in [-0.05, 0) is 12.8 Å². The largest absolute Gasteiger partial charge is 0.397 e. The maximum atomic E-state index is 12.5. The standard InChI is InChI=1S/C14H27O4P/c1-6-8-9-14(7-2)10-17-19(16,18-11-14)12(15)13(3,4)5/h6-11H2,1-5H3. The van der Waals surface area contributed by atoms with Gasteiger partial charge in [-0.1, -0.05) is 47.5 Å². The van der Waals surface area contributed by atoms with E-state index in [0.717, 1.165) is 25.7 Å². The van der Waals surface area contributed by atoms with Gasteiger partial charge in [0.1, 0.15) is 0 Å². The van der Waals surface area contributed by atoms with E-state index in [1.807, 2.05) is 0 Å². The number of rotatable bonds is 5. The SMILES string of the molecule is CCCCC1(CC)COP(=O)(C(=O)C(C)(C)C)OC1. The molecule has 4 nitrogen and oxygen atoms in total. The Morgan fingerprint density at radius 2 is 1.74 bits per heavy atom. The summed E-state index contributed by atoms with van der Waals surface area (Å²) in [6, 6.07) is 0. The summed E-state index contributed by atoms with van der Waals surface area (Å²) in [5.74, 6) is 0. The predicted octanol–water partition coefficient (Wildman–Crippen LogP) is 4.39. The van der Waals surface area contributed by atoms with Crippen LogP contribution in [0.1, 0.15) is 60.3 Å². The fourth-order valence-corrected chi connectivity index (χ4v) is 4.15. The molecule has 0 radical (unpaired) electrons. The average Bonchev–Trinajstić information content (AvgIpc) is 2.37. The molecular formula is C14H27O4P. The molecule has 1 rings (SSSR count). The molecule has 0 spiro atoms. The van der Waals surface area contributed by atoms with Crippen LogP contribution in [0.3, 0.4) is 0 Å². The fraction of sp³-hybridized carbons (Fsp3) is 0.929. The minimum atomic E-state index is -3.59. The summed E-state index contributed by atoms with van der Waals surface area (Å²) in [6.07, 6.45) is 4.11. The number of carbonyl (C=O) groups excluding carboxylic acids is 1. The van der Waals surface area contributed by atoms with E-state index in [-0.39, 0.29) is 5.41 Å². The third kappa shape index (κ3) is 3.90. The van der Waals surface area contributed by atoms with Gasteiger partial charge in [-0.25, -0.2) is 0 Å². The first-order chi connectivity index (χ1) is 8.69. The number of unbranched alkanes of at least 4 members (excludes halogenated alkanes) is 1. The Bertz CT molecular complexity index is 358. The van der Waals surface area contributed by atoms with Crippen molar-refractivity contribution in [3.8, 4) is 0 Å². The van der Waals surface area contributed by atoms with Crippen LogP contribution in [0.2, 0.25) is 0 Å². The highest BCUT2D eigenvalue weighted by Gasteiger charge is 2.48. The summed E-state index contributed by atoms with van der Waals surface area (Å²) >= 11 is 0. The lowest BCUT2D eigenvalue weighted by molar-refractivity contribution is -0.122. The van der Waals surface area contributed by atoms with Crippen LogP contribution in [0.5, 0.6) is 0 Å². The predicted molar refractivity (Wildman–Crippen MR) is 76.2 cm³/mol. The van der Waals surface area contributed by atoms with Gasteiger partial charge < -0.3 is 9.05 Å². The van der Waals surface area contributed by atoms with Gasteiger partial charge in [-0.2, -0.15) is 0 Å². The van der Waals surface area contributed by atoms with Crippen molar-refractivity contribution in [2.24, 2.45) is 10.8 Å². The van der Waals surface area contributed by atoms with Crippen molar-refractivity contribution < 1.29 is 18.4 Å². The molecule has 0 aliphatic carbocycles. The molecule has 1 fully saturated rings. The van der Waals surface area contributed by atoms with Crippen molar-refractivity contribution in [2.75, 3.05) is 13.2 Å². The second-order valence-electron chi connectivity index (χ2n) is 6.56. The summed E-state index contributed by atoms with van der Waals surface area (Å²) in [5.41, 5.74) is -1.20. The van der Waals surface area contributed by atoms with Gasteiger partial charge in [0, 0.05) is 10.8 Å². The van der Waals surface area contributed by atoms with Crippen LogP contribution in [0.15, 0.2) is 0 Å². The highest BCUT2D eigenvalue weighted by atomic mass is 31.2. The van der Waals surface area contributed by atoms with Crippen molar-refractivity contribution >= 4 is 13.1 Å². The van der Waals surface area contributed by atoms with E-state index in [1.165, 1.54) is 0 Å². The third-order valence-corrected chi connectivity index (χ3v) is 5.89. The molecule has 0 atom stereocenters. The maximum absolute atomic E-state index is 12.5. The monoisotopic (exact) mass is 290 g/mol. The lowest BCUT2D eigenvalue weighted by Gasteiger charge is -2.39. The van der Waals surface area contributed by atoms with E-state index in [0.29, 0.717) is 13.2 Å². The van der Waals surface area contributed by atoms with Crippen LogP contribution in [0.25, 0.3) is 0 Å². The summed E-state index contributed by atoms with van der Waals surface area (Å²) in [4.78, 5) is 12.1. The van der Waals surface area contributed by atoms with Gasteiger partial charge in [0.25, 0.3) is 0 Å². The summed E-state index contributed by atoms with van der Waals surface area (Å²) < 4.78 is 23.3. The Hall–Kier alpha value is -0.180. The summed E-state index contributed by atoms with van der Waals surface area (Å²) in [7, 11) is -3.59. The molecule has 0 bridgehead atoms. The van der Waals surface area contributed by atoms with Crippen molar-refractivity contribution in [3.63, 3.8) is 0 Å². The molecular weight excluding hydrogens is 263 g/mol. The molecule has 1 aliphatic heterocycles. The maximum Gasteiger partial charge on any atom is 0.397 e. The van der Waals surface area contributed by atoms with Crippen LogP contribution in [0.4, 0.5) is 0 Å². The van der Waals surface area contributed by atoms with E-state index in [1.54, 1.807) is 20.8 Å². The minimum Gasteiger partial charge on any atom is -0.303 e. The van der Waals surface area contributed by atoms with E-state index < -0.39 is 18.5 Å². The molecule has 0 aromatic heterocycles. The first kappa shape index (κ1) is 16.9. The first-order valence-corrected chi connectivity index (χ1v) is 8.67. The van der Waals surface area contributed by atoms with Crippen LogP contribution >= 0.6 is 7.60 Å². The van der Waals surface area contributed by atoms with Crippen LogP contribution in [-0.2, 0) is 18.4 Å². The molecule has 5 heteroatoms. The van der Waals surface area contributed by atoms with E-state index in [9.17, 15) is 9.36 Å². The Kier molecular flexibility index (Phi) is 5.39. The Morgan fingerprint density at radius 3 is 2.11 bits per heavy atom. The molecule has 0 aromatic carbocycles. The highest BCUT2D eigenvalue weighted by molar-refractivity contribution is 7.72. The van der Waals surface area contributed by atoms with E-state index in [4.69, 9.17) is 9.05 Å². The number of carbonyl (C=O) groups is 1. The van der Waals surface area contributed by atoms with Crippen molar-refractivity contribution in [3.05, 3.63) is 0 Å². The quantitative estimate of drug-likeness (QED) is 0.705. The molecule has 19 heavy (non-hydrogen) atoms. The zero-order chi connectivity index (χ0) is 14.7. The zero-order valence-electron chi connectivity index (χ0n) is 12.8. The average molecular weight is 290 g/mol. The molecule has 0 unspecified atom stereocenters. The second kappa shape index (κ2) is 6.07. The van der Waals surface area contributed by atoms with Gasteiger partial charge in [0.2, 0.25) is 5.52 Å².